The predicted octanol–water partition coefficient (Wildman–Crippen LogP) is 2.16. The third-order valence-corrected chi connectivity index (χ3v) is 3.38. The molecule has 1 aliphatic heterocycles. The van der Waals surface area contributed by atoms with E-state index in [1.807, 2.05) is 4.90 Å². The zero-order valence-corrected chi connectivity index (χ0v) is 9.44. The van der Waals surface area contributed by atoms with Crippen molar-refractivity contribution in [2.75, 3.05) is 6.54 Å². The molecule has 1 unspecified atom stereocenters. The Balaban J connectivity index is 2.01. The molecule has 1 saturated heterocycles. The number of hydrogen-bond donors (Lipinski definition) is 0. The van der Waals surface area contributed by atoms with Crippen molar-refractivity contribution in [3.63, 3.8) is 0 Å². The average Bonchev–Trinajstić information content (AvgIpc) is 2.61. The third-order valence-electron chi connectivity index (χ3n) is 2.28. The van der Waals surface area contributed by atoms with Crippen LogP contribution in [0.5, 0.6) is 0 Å². The van der Waals surface area contributed by atoms with Gasteiger partial charge in [0.25, 0.3) is 0 Å². The maximum atomic E-state index is 11.5. The Kier molecular flexibility index (Phi) is 2.74. The monoisotopic (exact) mass is 230 g/mol. The van der Waals surface area contributed by atoms with Crippen LogP contribution in [0, 0.1) is 5.92 Å². The molecule has 1 amide bonds. The lowest BCUT2D eigenvalue weighted by atomic mass is 10.2. The van der Waals surface area contributed by atoms with Crippen LogP contribution < -0.4 is 0 Å². The minimum atomic E-state index is 0.238. The molecule has 0 aromatic carbocycles. The van der Waals surface area contributed by atoms with Crippen molar-refractivity contribution in [1.82, 2.24) is 9.88 Å². The highest BCUT2D eigenvalue weighted by atomic mass is 35.5. The first-order chi connectivity index (χ1) is 6.65. The van der Waals surface area contributed by atoms with E-state index < -0.39 is 0 Å². The molecule has 1 aromatic heterocycles. The lowest BCUT2D eigenvalue weighted by molar-refractivity contribution is -0.128. The highest BCUT2D eigenvalue weighted by Crippen LogP contribution is 2.23. The van der Waals surface area contributed by atoms with Gasteiger partial charge in [0.15, 0.2) is 4.47 Å². The van der Waals surface area contributed by atoms with Crippen molar-refractivity contribution < 1.29 is 4.79 Å². The number of rotatable bonds is 2. The van der Waals surface area contributed by atoms with Crippen molar-refractivity contribution in [3.8, 4) is 0 Å². The number of halogens is 1. The van der Waals surface area contributed by atoms with Gasteiger partial charge >= 0.3 is 0 Å². The molecule has 0 radical (unpaired) electrons. The second kappa shape index (κ2) is 3.87. The quantitative estimate of drug-likeness (QED) is 0.780. The molecule has 1 aromatic rings. The van der Waals surface area contributed by atoms with Gasteiger partial charge in [0.2, 0.25) is 5.91 Å². The van der Waals surface area contributed by atoms with Crippen LogP contribution in [0.25, 0.3) is 0 Å². The highest BCUT2D eigenvalue weighted by molar-refractivity contribution is 7.15. The fourth-order valence-corrected chi connectivity index (χ4v) is 2.66. The maximum absolute atomic E-state index is 11.5. The van der Waals surface area contributed by atoms with Crippen LogP contribution in [0.2, 0.25) is 4.47 Å². The van der Waals surface area contributed by atoms with Gasteiger partial charge in [-0.25, -0.2) is 4.98 Å². The summed E-state index contributed by atoms with van der Waals surface area (Å²) in [6.07, 6.45) is 2.41. The summed E-state index contributed by atoms with van der Waals surface area (Å²) >= 11 is 7.15. The number of aromatic nitrogens is 1. The lowest BCUT2D eigenvalue weighted by Gasteiger charge is -2.13. The van der Waals surface area contributed by atoms with E-state index in [1.54, 1.807) is 6.20 Å². The largest absolute Gasteiger partial charge is 0.337 e. The van der Waals surface area contributed by atoms with E-state index in [1.165, 1.54) is 11.3 Å². The van der Waals surface area contributed by atoms with Gasteiger partial charge in [0.1, 0.15) is 0 Å². The molecule has 0 saturated carbocycles. The van der Waals surface area contributed by atoms with E-state index in [-0.39, 0.29) is 5.91 Å². The maximum Gasteiger partial charge on any atom is 0.223 e. The number of carbonyl (C=O) groups excluding carboxylic acids is 1. The second-order valence-electron chi connectivity index (χ2n) is 3.66. The first kappa shape index (κ1) is 9.93. The van der Waals surface area contributed by atoms with E-state index in [2.05, 4.69) is 11.9 Å². The number of hydrogen-bond acceptors (Lipinski definition) is 3. The first-order valence-corrected chi connectivity index (χ1v) is 5.72. The summed E-state index contributed by atoms with van der Waals surface area (Å²) in [5.74, 6) is 0.716. The summed E-state index contributed by atoms with van der Waals surface area (Å²) in [6.45, 7) is 3.61. The van der Waals surface area contributed by atoms with Crippen LogP contribution in [0.4, 0.5) is 0 Å². The minimum absolute atomic E-state index is 0.238. The molecule has 0 N–H and O–H groups in total. The molecular formula is C9H11ClN2OS. The van der Waals surface area contributed by atoms with Gasteiger partial charge in [0.05, 0.1) is 6.54 Å². The normalized spacial score (nSPS) is 22.0. The number of thiazole rings is 1. The van der Waals surface area contributed by atoms with Crippen molar-refractivity contribution in [2.24, 2.45) is 5.92 Å². The molecule has 76 valence electrons. The van der Waals surface area contributed by atoms with Crippen LogP contribution in [0.15, 0.2) is 6.20 Å². The van der Waals surface area contributed by atoms with Crippen molar-refractivity contribution in [2.45, 2.75) is 19.9 Å². The molecule has 0 aliphatic carbocycles. The van der Waals surface area contributed by atoms with Gasteiger partial charge in [-0.3, -0.25) is 4.79 Å². The summed E-state index contributed by atoms with van der Waals surface area (Å²) in [6, 6.07) is 0. The van der Waals surface area contributed by atoms with E-state index in [0.717, 1.165) is 11.4 Å². The summed E-state index contributed by atoms with van der Waals surface area (Å²) in [5.41, 5.74) is 0. The Bertz CT molecular complexity index is 352. The fourth-order valence-electron chi connectivity index (χ4n) is 1.67. The molecule has 0 spiro atoms. The van der Waals surface area contributed by atoms with Crippen molar-refractivity contribution >= 4 is 28.8 Å². The summed E-state index contributed by atoms with van der Waals surface area (Å²) < 4.78 is 0.541. The van der Waals surface area contributed by atoms with Gasteiger partial charge in [0, 0.05) is 24.0 Å². The standard InChI is InChI=1S/C9H11ClN2OS/c1-6-2-8(13)12(4-6)5-7-3-11-9(10)14-7/h3,6H,2,4-5H2,1H3. The lowest BCUT2D eigenvalue weighted by Crippen LogP contribution is -2.23. The average molecular weight is 231 g/mol. The Hall–Kier alpha value is -0.610. The van der Waals surface area contributed by atoms with Crippen LogP contribution >= 0.6 is 22.9 Å². The Morgan fingerprint density at radius 3 is 3.07 bits per heavy atom. The minimum Gasteiger partial charge on any atom is -0.337 e. The van der Waals surface area contributed by atoms with Crippen LogP contribution in [0.3, 0.4) is 0 Å². The van der Waals surface area contributed by atoms with Crippen LogP contribution in [-0.4, -0.2) is 22.3 Å². The number of carbonyl (C=O) groups is 1. The Labute approximate surface area is 91.7 Å². The van der Waals surface area contributed by atoms with Gasteiger partial charge in [-0.15, -0.1) is 11.3 Å². The topological polar surface area (TPSA) is 33.2 Å². The zero-order valence-electron chi connectivity index (χ0n) is 7.86. The van der Waals surface area contributed by atoms with E-state index in [9.17, 15) is 4.79 Å². The number of nitrogens with zero attached hydrogens (tertiary/aromatic N) is 2. The van der Waals surface area contributed by atoms with Crippen LogP contribution in [0.1, 0.15) is 18.2 Å². The van der Waals surface area contributed by atoms with Crippen molar-refractivity contribution in [3.05, 3.63) is 15.5 Å². The summed E-state index contributed by atoms with van der Waals surface area (Å²) in [4.78, 5) is 18.3. The highest BCUT2D eigenvalue weighted by Gasteiger charge is 2.26. The van der Waals surface area contributed by atoms with E-state index >= 15 is 0 Å². The van der Waals surface area contributed by atoms with Crippen molar-refractivity contribution in [1.29, 1.82) is 0 Å². The second-order valence-corrected chi connectivity index (χ2v) is 5.36. The molecule has 3 nitrogen and oxygen atoms in total. The van der Waals surface area contributed by atoms with Gasteiger partial charge < -0.3 is 4.90 Å². The van der Waals surface area contributed by atoms with Crippen LogP contribution in [-0.2, 0) is 11.3 Å². The number of amides is 1. The fraction of sp³-hybridized carbons (Fsp3) is 0.556. The Morgan fingerprint density at radius 1 is 1.79 bits per heavy atom. The SMILES string of the molecule is CC1CC(=O)N(Cc2cnc(Cl)s2)C1. The molecule has 2 rings (SSSR count). The number of likely N-dealkylation sites (tertiary alicyclic amines) is 1. The Morgan fingerprint density at radius 2 is 2.57 bits per heavy atom. The van der Waals surface area contributed by atoms with Gasteiger partial charge in [-0.05, 0) is 5.92 Å². The molecule has 2 heterocycles. The first-order valence-electron chi connectivity index (χ1n) is 4.53. The molecule has 1 aliphatic rings. The smallest absolute Gasteiger partial charge is 0.223 e. The predicted molar refractivity (Wildman–Crippen MR) is 56.3 cm³/mol. The molecule has 1 atom stereocenters. The molecule has 1 fully saturated rings. The van der Waals surface area contributed by atoms with Gasteiger partial charge in [-0.2, -0.15) is 0 Å². The molecule has 0 bridgehead atoms. The van der Waals surface area contributed by atoms with Gasteiger partial charge in [-0.1, -0.05) is 18.5 Å². The molecular weight excluding hydrogens is 220 g/mol. The van der Waals surface area contributed by atoms with E-state index in [4.69, 9.17) is 11.6 Å². The third kappa shape index (κ3) is 2.07. The molecule has 5 heteroatoms. The summed E-state index contributed by atoms with van der Waals surface area (Å²) in [5, 5.41) is 0. The van der Waals surface area contributed by atoms with E-state index in [0.29, 0.717) is 23.4 Å². The molecule has 14 heavy (non-hydrogen) atoms. The zero-order chi connectivity index (χ0) is 10.1. The summed E-state index contributed by atoms with van der Waals surface area (Å²) in [7, 11) is 0.